The lowest BCUT2D eigenvalue weighted by Crippen LogP contribution is -2.50. The Labute approximate surface area is 196 Å². The highest BCUT2D eigenvalue weighted by atomic mass is 35.5. The van der Waals surface area contributed by atoms with Gasteiger partial charge in [-0.25, -0.2) is 9.78 Å². The lowest BCUT2D eigenvalue weighted by Gasteiger charge is -2.23. The summed E-state index contributed by atoms with van der Waals surface area (Å²) in [7, 11) is 1.26. The number of carbonyl (C=O) groups is 2. The molecule has 1 aromatic heterocycles. The van der Waals surface area contributed by atoms with Crippen LogP contribution in [0.5, 0.6) is 5.88 Å². The van der Waals surface area contributed by atoms with Gasteiger partial charge in [0, 0.05) is 27.9 Å². The number of hydrogen-bond acceptors (Lipinski definition) is 5. The van der Waals surface area contributed by atoms with Crippen LogP contribution in [0, 0.1) is 0 Å². The van der Waals surface area contributed by atoms with Crippen LogP contribution in [-0.4, -0.2) is 29.5 Å². The van der Waals surface area contributed by atoms with Crippen LogP contribution in [0.1, 0.15) is 41.4 Å². The Kier molecular flexibility index (Phi) is 7.38. The number of aromatic nitrogens is 1. The number of nitrogens with one attached hydrogen (secondary N) is 1. The van der Waals surface area contributed by atoms with Crippen LogP contribution in [0.15, 0.2) is 66.9 Å². The summed E-state index contributed by atoms with van der Waals surface area (Å²) in [6, 6.07) is 17.8. The number of benzene rings is 2. The summed E-state index contributed by atoms with van der Waals surface area (Å²) in [4.78, 5) is 28.6. The number of nitrogens with zero attached hydrogens (tertiary/aromatic N) is 1. The van der Waals surface area contributed by atoms with Crippen molar-refractivity contribution in [2.45, 2.75) is 25.5 Å². The fraction of sp³-hybridized carbons (Fsp3) is 0.208. The summed E-state index contributed by atoms with van der Waals surface area (Å²) in [5, 5.41) is 3.78. The topological polar surface area (TPSA) is 77.5 Å². The zero-order chi connectivity index (χ0) is 23.3. The molecule has 1 heterocycles. The molecule has 0 bridgehead atoms. The van der Waals surface area contributed by atoms with Gasteiger partial charge in [-0.2, -0.15) is 0 Å². The van der Waals surface area contributed by atoms with Crippen LogP contribution in [0.3, 0.4) is 0 Å². The van der Waals surface area contributed by atoms with E-state index in [1.807, 2.05) is 30.3 Å². The summed E-state index contributed by atoms with van der Waals surface area (Å²) in [5.74, 6) is -0.710. The average Bonchev–Trinajstić information content (AvgIpc) is 2.78. The van der Waals surface area contributed by atoms with Crippen molar-refractivity contribution in [1.29, 1.82) is 0 Å². The van der Waals surface area contributed by atoms with Gasteiger partial charge in [-0.15, -0.1) is 0 Å². The number of rotatable bonds is 7. The number of pyridine rings is 1. The van der Waals surface area contributed by atoms with Crippen LogP contribution < -0.4 is 10.1 Å². The van der Waals surface area contributed by atoms with Gasteiger partial charge in [0.15, 0.2) is 6.10 Å². The summed E-state index contributed by atoms with van der Waals surface area (Å²) in [6.07, 6.45) is 0.843. The SMILES string of the molecule is COC(=O)C(C)(C)NC(=O)c1ccc(OC(c2ccc(Cl)cc2)c2ccccc2Cl)nc1. The zero-order valence-electron chi connectivity index (χ0n) is 17.8. The molecule has 1 amide bonds. The fourth-order valence-corrected chi connectivity index (χ4v) is 3.36. The van der Waals surface area contributed by atoms with Gasteiger partial charge in [0.1, 0.15) is 5.54 Å². The molecule has 0 fully saturated rings. The Bertz CT molecular complexity index is 1100. The minimum absolute atomic E-state index is 0.273. The van der Waals surface area contributed by atoms with Crippen molar-refractivity contribution in [3.05, 3.63) is 93.6 Å². The molecule has 1 atom stereocenters. The first-order valence-electron chi connectivity index (χ1n) is 9.75. The molecule has 0 radical (unpaired) electrons. The minimum Gasteiger partial charge on any atom is -0.467 e. The molecular weight excluding hydrogens is 451 g/mol. The van der Waals surface area contributed by atoms with Crippen LogP contribution in [0.2, 0.25) is 10.0 Å². The van der Waals surface area contributed by atoms with Gasteiger partial charge in [-0.05, 0) is 43.7 Å². The van der Waals surface area contributed by atoms with Crippen molar-refractivity contribution < 1.29 is 19.1 Å². The van der Waals surface area contributed by atoms with Crippen molar-refractivity contribution >= 4 is 35.1 Å². The Morgan fingerprint density at radius 1 is 1.00 bits per heavy atom. The van der Waals surface area contributed by atoms with E-state index in [2.05, 4.69) is 10.3 Å². The molecule has 1 unspecified atom stereocenters. The molecule has 3 rings (SSSR count). The van der Waals surface area contributed by atoms with E-state index >= 15 is 0 Å². The number of esters is 1. The predicted molar refractivity (Wildman–Crippen MR) is 123 cm³/mol. The molecule has 0 spiro atoms. The van der Waals surface area contributed by atoms with Gasteiger partial charge < -0.3 is 14.8 Å². The number of carbonyl (C=O) groups excluding carboxylic acids is 2. The monoisotopic (exact) mass is 472 g/mol. The largest absolute Gasteiger partial charge is 0.467 e. The third kappa shape index (κ3) is 5.58. The summed E-state index contributed by atoms with van der Waals surface area (Å²) in [6.45, 7) is 3.11. The van der Waals surface area contributed by atoms with E-state index in [1.165, 1.54) is 13.3 Å². The van der Waals surface area contributed by atoms with Gasteiger partial charge in [0.25, 0.3) is 5.91 Å². The van der Waals surface area contributed by atoms with Gasteiger partial charge >= 0.3 is 5.97 Å². The number of halogens is 2. The first kappa shape index (κ1) is 23.6. The van der Waals surface area contributed by atoms with E-state index in [4.69, 9.17) is 32.7 Å². The highest BCUT2D eigenvalue weighted by Crippen LogP contribution is 2.32. The van der Waals surface area contributed by atoms with E-state index < -0.39 is 23.5 Å². The highest BCUT2D eigenvalue weighted by molar-refractivity contribution is 6.31. The molecule has 0 saturated heterocycles. The third-order valence-corrected chi connectivity index (χ3v) is 5.32. The molecular formula is C24H22Cl2N2O4. The van der Waals surface area contributed by atoms with Crippen LogP contribution in [-0.2, 0) is 9.53 Å². The van der Waals surface area contributed by atoms with E-state index in [0.29, 0.717) is 15.9 Å². The van der Waals surface area contributed by atoms with Crippen LogP contribution >= 0.6 is 23.2 Å². The number of ether oxygens (including phenoxy) is 2. The van der Waals surface area contributed by atoms with Gasteiger partial charge in [-0.1, -0.05) is 53.5 Å². The standard InChI is InChI=1S/C24H22Cl2N2O4/c1-24(2,23(30)31-3)28-22(29)16-10-13-20(27-14-16)32-21(15-8-11-17(25)12-9-15)18-6-4-5-7-19(18)26/h4-14,21H,1-3H3,(H,28,29). The molecule has 32 heavy (non-hydrogen) atoms. The average molecular weight is 473 g/mol. The van der Waals surface area contributed by atoms with Crippen molar-refractivity contribution in [3.63, 3.8) is 0 Å². The Morgan fingerprint density at radius 2 is 1.69 bits per heavy atom. The molecule has 166 valence electrons. The highest BCUT2D eigenvalue weighted by Gasteiger charge is 2.31. The first-order valence-corrected chi connectivity index (χ1v) is 10.5. The molecule has 3 aromatic rings. The second kappa shape index (κ2) is 10.0. The quantitative estimate of drug-likeness (QED) is 0.475. The summed E-state index contributed by atoms with van der Waals surface area (Å²) in [5.41, 5.74) is 0.700. The second-order valence-electron chi connectivity index (χ2n) is 7.53. The van der Waals surface area contributed by atoms with Gasteiger partial charge in [-0.3, -0.25) is 4.79 Å². The van der Waals surface area contributed by atoms with E-state index in [1.54, 1.807) is 44.2 Å². The van der Waals surface area contributed by atoms with E-state index in [0.717, 1.165) is 11.1 Å². The van der Waals surface area contributed by atoms with E-state index in [9.17, 15) is 9.59 Å². The lowest BCUT2D eigenvalue weighted by molar-refractivity contribution is -0.146. The molecule has 0 aliphatic carbocycles. The third-order valence-electron chi connectivity index (χ3n) is 4.72. The van der Waals surface area contributed by atoms with Crippen LogP contribution in [0.25, 0.3) is 0 Å². The molecule has 6 nitrogen and oxygen atoms in total. The first-order chi connectivity index (χ1) is 15.2. The maximum Gasteiger partial charge on any atom is 0.330 e. The summed E-state index contributed by atoms with van der Waals surface area (Å²) < 4.78 is 10.9. The van der Waals surface area contributed by atoms with Crippen molar-refractivity contribution in [3.8, 4) is 5.88 Å². The number of hydrogen-bond donors (Lipinski definition) is 1. The molecule has 0 saturated carbocycles. The molecule has 2 aromatic carbocycles. The maximum absolute atomic E-state index is 12.5. The fourth-order valence-electron chi connectivity index (χ4n) is 3.00. The predicted octanol–water partition coefficient (Wildman–Crippen LogP) is 5.24. The molecule has 0 aliphatic rings. The number of methoxy groups -OCH3 is 1. The Hall–Kier alpha value is -3.09. The minimum atomic E-state index is -1.18. The Balaban J connectivity index is 1.83. The van der Waals surface area contributed by atoms with Gasteiger partial charge in [0.05, 0.1) is 12.7 Å². The second-order valence-corrected chi connectivity index (χ2v) is 8.37. The summed E-state index contributed by atoms with van der Waals surface area (Å²) >= 11 is 12.4. The van der Waals surface area contributed by atoms with Crippen molar-refractivity contribution in [2.24, 2.45) is 0 Å². The van der Waals surface area contributed by atoms with Crippen molar-refractivity contribution in [2.75, 3.05) is 7.11 Å². The maximum atomic E-state index is 12.5. The number of amides is 1. The van der Waals surface area contributed by atoms with Crippen LogP contribution in [0.4, 0.5) is 0 Å². The lowest BCUT2D eigenvalue weighted by atomic mass is 10.0. The molecule has 0 aliphatic heterocycles. The van der Waals surface area contributed by atoms with E-state index in [-0.39, 0.29) is 5.56 Å². The van der Waals surface area contributed by atoms with Crippen molar-refractivity contribution in [1.82, 2.24) is 10.3 Å². The molecule has 8 heteroatoms. The Morgan fingerprint density at radius 3 is 2.28 bits per heavy atom. The zero-order valence-corrected chi connectivity index (χ0v) is 19.3. The van der Waals surface area contributed by atoms with Gasteiger partial charge in [0.2, 0.25) is 5.88 Å². The molecule has 1 N–H and O–H groups in total. The smallest absolute Gasteiger partial charge is 0.330 e. The normalized spacial score (nSPS) is 12.0.